The van der Waals surface area contributed by atoms with Gasteiger partial charge in [0.05, 0.1) is 23.2 Å². The number of allylic oxidation sites excluding steroid dienone is 1. The second kappa shape index (κ2) is 26.6. The van der Waals surface area contributed by atoms with Crippen molar-refractivity contribution in [3.63, 3.8) is 0 Å². The van der Waals surface area contributed by atoms with Crippen LogP contribution in [0.15, 0.2) is 90.1 Å². The number of amides is 2. The smallest absolute Gasteiger partial charge is 0.412 e. The van der Waals surface area contributed by atoms with E-state index >= 15 is 0 Å². The van der Waals surface area contributed by atoms with Gasteiger partial charge in [0, 0.05) is 62.4 Å². The molecule has 3 aromatic rings. The van der Waals surface area contributed by atoms with Crippen LogP contribution in [0.5, 0.6) is 23.0 Å². The number of likely N-dealkylation sites (N-methyl/N-ethyl adjacent to an activating group) is 1. The Hall–Kier alpha value is -5.97. The number of non-ortho nitro benzene ring substituents is 1. The third-order valence-electron chi connectivity index (χ3n) is 14.6. The standard InChI is InChI=1S/C56H74N4O12/c1-4-6-7-8-9-10-11-12-13-16-29-57-55(64)71-43-26-28-48-46(35-43)52-44(20-15-18-31-62)40(19-14-17-30-61)33-45-47(58-70-37-39-21-24-42(25-22-39)60(65)66)36-51(56(72-48,53(45)52)69-32-5-2)59(3)54(63)41-23-27-49-50(34-41)68-38-67-49/h5,21-28,33-35,40,44,51-53,61-62H,2,4,6-20,29-32,36-38H2,1,3H3,(H,57,64). The van der Waals surface area contributed by atoms with E-state index in [0.717, 1.165) is 56.1 Å². The number of unbranched alkanes of at least 4 members (excludes halogenated alkanes) is 11. The summed E-state index contributed by atoms with van der Waals surface area (Å²) in [6, 6.07) is 15.8. The normalized spacial score (nSPS) is 22.0. The van der Waals surface area contributed by atoms with E-state index in [4.69, 9.17) is 33.7 Å². The highest BCUT2D eigenvalue weighted by Crippen LogP contribution is 2.62. The first-order valence-electron chi connectivity index (χ1n) is 26.2. The first kappa shape index (κ1) is 53.8. The fourth-order valence-electron chi connectivity index (χ4n) is 11.0. The van der Waals surface area contributed by atoms with Gasteiger partial charge in [0.15, 0.2) is 11.5 Å². The second-order valence-electron chi connectivity index (χ2n) is 19.5. The Balaban J connectivity index is 1.25. The molecule has 7 rings (SSSR count). The monoisotopic (exact) mass is 995 g/mol. The van der Waals surface area contributed by atoms with Crippen molar-refractivity contribution in [3.05, 3.63) is 112 Å². The molecule has 0 bridgehead atoms. The molecule has 2 aliphatic heterocycles. The number of fused-ring (bicyclic) bond motifs is 3. The van der Waals surface area contributed by atoms with Crippen LogP contribution in [0.4, 0.5) is 10.5 Å². The summed E-state index contributed by atoms with van der Waals surface area (Å²) < 4.78 is 31.6. The topological polar surface area (TPSA) is 201 Å². The maximum Gasteiger partial charge on any atom is 0.412 e. The third-order valence-corrected chi connectivity index (χ3v) is 14.6. The average molecular weight is 995 g/mol. The van der Waals surface area contributed by atoms with Crippen LogP contribution in [0.2, 0.25) is 0 Å². The highest BCUT2D eigenvalue weighted by molar-refractivity contribution is 6.03. The van der Waals surface area contributed by atoms with E-state index in [1.807, 2.05) is 12.1 Å². The number of benzene rings is 3. The van der Waals surface area contributed by atoms with Gasteiger partial charge in [0.25, 0.3) is 11.6 Å². The molecule has 6 unspecified atom stereocenters. The Morgan fingerprint density at radius 2 is 1.58 bits per heavy atom. The molecule has 16 nitrogen and oxygen atoms in total. The number of nitro benzene ring substituents is 1. The molecule has 1 saturated carbocycles. The third kappa shape index (κ3) is 13.2. The maximum atomic E-state index is 14.9. The molecule has 0 radical (unpaired) electrons. The lowest BCUT2D eigenvalue weighted by molar-refractivity contribution is -0.384. The fourth-order valence-corrected chi connectivity index (χ4v) is 11.0. The van der Waals surface area contributed by atoms with Gasteiger partial charge in [-0.25, -0.2) is 4.79 Å². The Kier molecular flexibility index (Phi) is 19.9. The van der Waals surface area contributed by atoms with Gasteiger partial charge in [-0.15, -0.1) is 6.58 Å². The molecule has 2 aliphatic carbocycles. The molecule has 3 N–H and O–H groups in total. The number of aliphatic hydroxyl groups is 2. The minimum absolute atomic E-state index is 0.0165. The van der Waals surface area contributed by atoms with Crippen molar-refractivity contribution in [2.24, 2.45) is 22.9 Å². The predicted molar refractivity (Wildman–Crippen MR) is 273 cm³/mol. The van der Waals surface area contributed by atoms with Crippen LogP contribution in [0.1, 0.15) is 143 Å². The lowest BCUT2D eigenvalue weighted by Crippen LogP contribution is -2.69. The number of rotatable bonds is 29. The van der Waals surface area contributed by atoms with Gasteiger partial charge in [-0.05, 0) is 104 Å². The van der Waals surface area contributed by atoms with Crippen molar-refractivity contribution in [1.29, 1.82) is 0 Å². The lowest BCUT2D eigenvalue weighted by Gasteiger charge is -2.59. The highest BCUT2D eigenvalue weighted by atomic mass is 16.7. The van der Waals surface area contributed by atoms with E-state index in [0.29, 0.717) is 59.2 Å². The molecule has 390 valence electrons. The zero-order valence-corrected chi connectivity index (χ0v) is 42.1. The summed E-state index contributed by atoms with van der Waals surface area (Å²) in [4.78, 5) is 47.0. The van der Waals surface area contributed by atoms with Crippen molar-refractivity contribution in [2.45, 2.75) is 140 Å². The number of oxime groups is 1. The number of hydrogen-bond donors (Lipinski definition) is 3. The molecule has 1 fully saturated rings. The van der Waals surface area contributed by atoms with Gasteiger partial charge in [-0.3, -0.25) is 14.9 Å². The first-order valence-corrected chi connectivity index (χ1v) is 26.2. The van der Waals surface area contributed by atoms with Gasteiger partial charge >= 0.3 is 6.09 Å². The molecule has 2 heterocycles. The summed E-state index contributed by atoms with van der Waals surface area (Å²) in [6.07, 6.45) is 19.6. The minimum Gasteiger partial charge on any atom is -0.459 e. The van der Waals surface area contributed by atoms with E-state index in [9.17, 15) is 29.9 Å². The zero-order valence-electron chi connectivity index (χ0n) is 42.1. The number of nitrogens with zero attached hydrogens (tertiary/aromatic N) is 3. The van der Waals surface area contributed by atoms with Crippen LogP contribution in [0, 0.1) is 27.9 Å². The van der Waals surface area contributed by atoms with Gasteiger partial charge in [-0.1, -0.05) is 94.9 Å². The van der Waals surface area contributed by atoms with E-state index < -0.39 is 28.8 Å². The Labute approximate surface area is 423 Å². The van der Waals surface area contributed by atoms with E-state index in [1.54, 1.807) is 54.4 Å². The van der Waals surface area contributed by atoms with Gasteiger partial charge in [-0.2, -0.15) is 0 Å². The largest absolute Gasteiger partial charge is 0.459 e. The Morgan fingerprint density at radius 3 is 2.29 bits per heavy atom. The number of nitro groups is 1. The molecular weight excluding hydrogens is 921 g/mol. The number of hydrogen-bond acceptors (Lipinski definition) is 13. The number of carbonyl (C=O) groups excluding carboxylic acids is 2. The SMILES string of the molecule is C=CCOC12Oc3ccc(OC(=O)NCCCCCCCCCCCC)cc3C3C(CCCCO)C(CCCCO)C=C(C(=NOCc4ccc([N+](=O)[O-])cc4)CC1N(C)C(=O)c1ccc4c(c1)OCO4)C32. The maximum absolute atomic E-state index is 14.9. The molecule has 3 aromatic carbocycles. The molecule has 16 heteroatoms. The Morgan fingerprint density at radius 1 is 0.889 bits per heavy atom. The molecule has 2 amide bonds. The summed E-state index contributed by atoms with van der Waals surface area (Å²) in [5, 5.41) is 39.2. The Bertz CT molecular complexity index is 2360. The van der Waals surface area contributed by atoms with Crippen molar-refractivity contribution in [3.8, 4) is 23.0 Å². The van der Waals surface area contributed by atoms with Gasteiger partial charge in [0.1, 0.15) is 24.1 Å². The van der Waals surface area contributed by atoms with Crippen LogP contribution in [0.3, 0.4) is 0 Å². The van der Waals surface area contributed by atoms with Crippen molar-refractivity contribution in [2.75, 3.05) is 40.2 Å². The van der Waals surface area contributed by atoms with Crippen molar-refractivity contribution < 1.29 is 53.2 Å². The molecule has 72 heavy (non-hydrogen) atoms. The predicted octanol–water partition coefficient (Wildman–Crippen LogP) is 10.9. The summed E-state index contributed by atoms with van der Waals surface area (Å²) in [5.41, 5.74) is 3.21. The van der Waals surface area contributed by atoms with Gasteiger partial charge in [0.2, 0.25) is 12.6 Å². The van der Waals surface area contributed by atoms with E-state index in [1.165, 1.54) is 57.1 Å². The zero-order chi connectivity index (χ0) is 50.9. The molecule has 4 aliphatic rings. The van der Waals surface area contributed by atoms with Crippen molar-refractivity contribution >= 4 is 23.4 Å². The van der Waals surface area contributed by atoms with E-state index in [2.05, 4.69) is 24.9 Å². The lowest BCUT2D eigenvalue weighted by atomic mass is 9.55. The summed E-state index contributed by atoms with van der Waals surface area (Å²) in [6.45, 7) is 6.98. The quantitative estimate of drug-likeness (QED) is 0.0258. The average Bonchev–Trinajstić information content (AvgIpc) is 3.87. The first-order chi connectivity index (χ1) is 35.1. The summed E-state index contributed by atoms with van der Waals surface area (Å²) in [7, 11) is 1.72. The molecule has 0 aromatic heterocycles. The van der Waals surface area contributed by atoms with Crippen LogP contribution < -0.4 is 24.3 Å². The molecule has 0 spiro atoms. The molecule has 6 atom stereocenters. The number of carbonyl (C=O) groups is 2. The summed E-state index contributed by atoms with van der Waals surface area (Å²) in [5.74, 6) is -1.03. The van der Waals surface area contributed by atoms with Crippen molar-refractivity contribution in [1.82, 2.24) is 10.2 Å². The van der Waals surface area contributed by atoms with Crippen LogP contribution in [-0.2, 0) is 16.2 Å². The van der Waals surface area contributed by atoms with Crippen LogP contribution >= 0.6 is 0 Å². The molecule has 0 saturated heterocycles. The summed E-state index contributed by atoms with van der Waals surface area (Å²) >= 11 is 0. The number of aliphatic hydroxyl groups excluding tert-OH is 2. The highest BCUT2D eigenvalue weighted by Gasteiger charge is 2.65. The van der Waals surface area contributed by atoms with Gasteiger partial charge < -0.3 is 49.0 Å². The minimum atomic E-state index is -1.52. The fraction of sp³-hybridized carbons (Fsp3) is 0.554. The second-order valence-corrected chi connectivity index (χ2v) is 19.5. The number of ether oxygens (including phenoxy) is 5. The molecular formula is C56H74N4O12. The van der Waals surface area contributed by atoms with Crippen LogP contribution in [-0.4, -0.2) is 89.8 Å². The van der Waals surface area contributed by atoms with Crippen LogP contribution in [0.25, 0.3) is 0 Å². The van der Waals surface area contributed by atoms with E-state index in [-0.39, 0.29) is 69.0 Å². The number of nitrogens with one attached hydrogen (secondary N) is 1.